The number of hydrogen-bond acceptors (Lipinski definition) is 1. The Hall–Kier alpha value is -0.460. The minimum Gasteiger partial charge on any atom is -0.375 e. The highest BCUT2D eigenvalue weighted by Gasteiger charge is 2.32. The Kier molecular flexibility index (Phi) is 1.85. The molecule has 4 aliphatic rings. The molecule has 0 aromatic carbocycles. The first kappa shape index (κ1) is 7.90. The van der Waals surface area contributed by atoms with Gasteiger partial charge in [-0.2, -0.15) is 0 Å². The van der Waals surface area contributed by atoms with Crippen molar-refractivity contribution in [2.75, 3.05) is 13.1 Å². The van der Waals surface area contributed by atoms with Crippen molar-refractivity contribution in [3.8, 4) is 0 Å². The molecule has 1 nitrogen and oxygen atoms in total. The van der Waals surface area contributed by atoms with E-state index in [0.717, 1.165) is 11.8 Å². The highest BCUT2D eigenvalue weighted by atomic mass is 15.2. The van der Waals surface area contributed by atoms with Crippen molar-refractivity contribution in [1.82, 2.24) is 4.90 Å². The zero-order valence-corrected chi connectivity index (χ0v) is 8.34. The van der Waals surface area contributed by atoms with Crippen molar-refractivity contribution in [2.45, 2.75) is 38.5 Å². The van der Waals surface area contributed by atoms with Gasteiger partial charge in [-0.1, -0.05) is 6.08 Å². The Bertz CT molecular complexity index is 217. The first-order valence-electron chi connectivity index (χ1n) is 5.90. The maximum atomic E-state index is 2.66. The molecular weight excluding hydrogens is 158 g/mol. The fourth-order valence-corrected chi connectivity index (χ4v) is 3.30. The summed E-state index contributed by atoms with van der Waals surface area (Å²) in [5, 5.41) is 0. The quantitative estimate of drug-likeness (QED) is 0.595. The topological polar surface area (TPSA) is 3.24 Å². The van der Waals surface area contributed by atoms with Crippen LogP contribution in [0.3, 0.4) is 0 Å². The fourth-order valence-electron chi connectivity index (χ4n) is 3.30. The average Bonchev–Trinajstić information content (AvgIpc) is 2.72. The SMILES string of the molecule is C1=C(N2CCCC2)C2CCC1CC2. The van der Waals surface area contributed by atoms with Gasteiger partial charge in [0.1, 0.15) is 0 Å². The number of hydrogen-bond donors (Lipinski definition) is 0. The van der Waals surface area contributed by atoms with E-state index >= 15 is 0 Å². The average molecular weight is 177 g/mol. The number of likely N-dealkylation sites (tertiary alicyclic amines) is 1. The zero-order chi connectivity index (χ0) is 8.67. The van der Waals surface area contributed by atoms with Gasteiger partial charge in [-0.15, -0.1) is 0 Å². The third kappa shape index (κ3) is 1.29. The minimum atomic E-state index is 0.945. The van der Waals surface area contributed by atoms with Crippen LogP contribution in [0.5, 0.6) is 0 Å². The second kappa shape index (κ2) is 3.04. The van der Waals surface area contributed by atoms with Gasteiger partial charge in [-0.25, -0.2) is 0 Å². The van der Waals surface area contributed by atoms with Crippen LogP contribution in [0.2, 0.25) is 0 Å². The number of allylic oxidation sites excluding steroid dienone is 2. The number of fused-ring (bicyclic) bond motifs is 2. The standard InChI is InChI=1S/C12H19N/c1-2-8-13(7-1)12-9-10-3-5-11(12)6-4-10/h9-11H,1-8H2. The maximum Gasteiger partial charge on any atom is 0.0175 e. The predicted octanol–water partition coefficient (Wildman–Crippen LogP) is 2.79. The molecule has 0 aromatic rings. The highest BCUT2D eigenvalue weighted by Crippen LogP contribution is 2.42. The van der Waals surface area contributed by atoms with E-state index < -0.39 is 0 Å². The molecule has 0 unspecified atom stereocenters. The molecule has 72 valence electrons. The molecule has 2 bridgehead atoms. The number of rotatable bonds is 1. The molecule has 1 heterocycles. The molecular formula is C12H19N. The summed E-state index contributed by atoms with van der Waals surface area (Å²) in [7, 11) is 0. The van der Waals surface area contributed by atoms with Crippen molar-refractivity contribution in [3.05, 3.63) is 11.8 Å². The second-order valence-electron chi connectivity index (χ2n) is 4.90. The second-order valence-corrected chi connectivity index (χ2v) is 4.90. The smallest absolute Gasteiger partial charge is 0.0175 e. The summed E-state index contributed by atoms with van der Waals surface area (Å²) in [5.74, 6) is 1.89. The molecule has 0 N–H and O–H groups in total. The number of nitrogens with zero attached hydrogens (tertiary/aromatic N) is 1. The van der Waals surface area contributed by atoms with E-state index in [1.165, 1.54) is 51.6 Å². The lowest BCUT2D eigenvalue weighted by Gasteiger charge is -2.39. The molecule has 0 spiro atoms. The Labute approximate surface area is 80.8 Å². The molecule has 2 fully saturated rings. The monoisotopic (exact) mass is 177 g/mol. The van der Waals surface area contributed by atoms with Crippen molar-refractivity contribution in [3.63, 3.8) is 0 Å². The summed E-state index contributed by atoms with van der Waals surface area (Å²) in [4.78, 5) is 2.66. The maximum absolute atomic E-state index is 2.66. The predicted molar refractivity (Wildman–Crippen MR) is 54.3 cm³/mol. The van der Waals surface area contributed by atoms with Crippen LogP contribution in [0.15, 0.2) is 11.8 Å². The van der Waals surface area contributed by atoms with Crippen molar-refractivity contribution >= 4 is 0 Å². The molecule has 0 aromatic heterocycles. The van der Waals surface area contributed by atoms with Crippen LogP contribution in [0.1, 0.15) is 38.5 Å². The summed E-state index contributed by atoms with van der Waals surface area (Å²) >= 11 is 0. The molecule has 0 amide bonds. The molecule has 0 radical (unpaired) electrons. The Morgan fingerprint density at radius 1 is 1.00 bits per heavy atom. The summed E-state index contributed by atoms with van der Waals surface area (Å²) in [5.41, 5.74) is 1.74. The Balaban J connectivity index is 1.82. The van der Waals surface area contributed by atoms with E-state index in [2.05, 4.69) is 11.0 Å². The molecule has 3 aliphatic carbocycles. The van der Waals surface area contributed by atoms with Crippen molar-refractivity contribution < 1.29 is 0 Å². The van der Waals surface area contributed by atoms with Crippen LogP contribution < -0.4 is 0 Å². The molecule has 1 saturated heterocycles. The van der Waals surface area contributed by atoms with Crippen molar-refractivity contribution in [2.24, 2.45) is 11.8 Å². The summed E-state index contributed by atoms with van der Waals surface area (Å²) in [6, 6.07) is 0. The highest BCUT2D eigenvalue weighted by molar-refractivity contribution is 5.15. The normalized spacial score (nSPS) is 38.2. The van der Waals surface area contributed by atoms with Crippen LogP contribution in [0.25, 0.3) is 0 Å². The van der Waals surface area contributed by atoms with E-state index in [0.29, 0.717) is 0 Å². The van der Waals surface area contributed by atoms with Crippen molar-refractivity contribution in [1.29, 1.82) is 0 Å². The molecule has 4 rings (SSSR count). The lowest BCUT2D eigenvalue weighted by atomic mass is 9.74. The summed E-state index contributed by atoms with van der Waals surface area (Å²) < 4.78 is 0. The van der Waals surface area contributed by atoms with Gasteiger partial charge in [0.15, 0.2) is 0 Å². The van der Waals surface area contributed by atoms with Gasteiger partial charge in [0.25, 0.3) is 0 Å². The van der Waals surface area contributed by atoms with Crippen LogP contribution in [-0.2, 0) is 0 Å². The fraction of sp³-hybridized carbons (Fsp3) is 0.833. The summed E-state index contributed by atoms with van der Waals surface area (Å²) in [6.07, 6.45) is 11.4. The van der Waals surface area contributed by atoms with E-state index in [9.17, 15) is 0 Å². The lowest BCUT2D eigenvalue weighted by molar-refractivity contribution is 0.242. The van der Waals surface area contributed by atoms with Gasteiger partial charge < -0.3 is 4.90 Å². The van der Waals surface area contributed by atoms with Crippen LogP contribution in [-0.4, -0.2) is 18.0 Å². The lowest BCUT2D eigenvalue weighted by Crippen LogP contribution is -2.31. The largest absolute Gasteiger partial charge is 0.375 e. The third-order valence-corrected chi connectivity index (χ3v) is 4.07. The Morgan fingerprint density at radius 3 is 2.23 bits per heavy atom. The van der Waals surface area contributed by atoms with E-state index in [1.54, 1.807) is 5.70 Å². The molecule has 0 atom stereocenters. The third-order valence-electron chi connectivity index (χ3n) is 4.07. The zero-order valence-electron chi connectivity index (χ0n) is 8.34. The van der Waals surface area contributed by atoms with Gasteiger partial charge in [0, 0.05) is 18.8 Å². The first-order chi connectivity index (χ1) is 6.43. The van der Waals surface area contributed by atoms with Gasteiger partial charge in [-0.05, 0) is 50.4 Å². The van der Waals surface area contributed by atoms with Gasteiger partial charge >= 0.3 is 0 Å². The van der Waals surface area contributed by atoms with Crippen LogP contribution in [0.4, 0.5) is 0 Å². The van der Waals surface area contributed by atoms with E-state index in [-0.39, 0.29) is 0 Å². The van der Waals surface area contributed by atoms with Gasteiger partial charge in [0.05, 0.1) is 0 Å². The molecule has 1 aliphatic heterocycles. The summed E-state index contributed by atoms with van der Waals surface area (Å²) in [6.45, 7) is 2.68. The van der Waals surface area contributed by atoms with Crippen LogP contribution in [0, 0.1) is 11.8 Å². The van der Waals surface area contributed by atoms with Gasteiger partial charge in [0.2, 0.25) is 0 Å². The first-order valence-corrected chi connectivity index (χ1v) is 5.90. The molecule has 13 heavy (non-hydrogen) atoms. The van der Waals surface area contributed by atoms with Gasteiger partial charge in [-0.3, -0.25) is 0 Å². The Morgan fingerprint density at radius 2 is 1.69 bits per heavy atom. The van der Waals surface area contributed by atoms with E-state index in [1.807, 2.05) is 0 Å². The minimum absolute atomic E-state index is 0.945. The molecule has 1 saturated carbocycles. The van der Waals surface area contributed by atoms with E-state index in [4.69, 9.17) is 0 Å². The molecule has 1 heteroatoms. The van der Waals surface area contributed by atoms with Crippen LogP contribution >= 0.6 is 0 Å².